The summed E-state index contributed by atoms with van der Waals surface area (Å²) in [5.41, 5.74) is -4.08. The van der Waals surface area contributed by atoms with Crippen LogP contribution in [0, 0.1) is 17.0 Å². The van der Waals surface area contributed by atoms with Crippen LogP contribution >= 0.6 is 23.2 Å². The normalized spacial score (nSPS) is 10.7. The number of aromatic nitrogens is 3. The Kier molecular flexibility index (Phi) is 6.93. The first kappa shape index (κ1) is 24.7. The second-order valence-electron chi connectivity index (χ2n) is 6.92. The molecule has 0 aliphatic rings. The fourth-order valence-corrected chi connectivity index (χ4v) is 3.42. The molecule has 12 nitrogen and oxygen atoms in total. The third-order valence-electron chi connectivity index (χ3n) is 4.78. The second-order valence-corrected chi connectivity index (χ2v) is 7.71. The maximum Gasteiger partial charge on any atom is 0.341 e. The Morgan fingerprint density at radius 1 is 1.09 bits per heavy atom. The lowest BCUT2D eigenvalue weighted by molar-refractivity contribution is -0.384. The molecule has 0 amide bonds. The summed E-state index contributed by atoms with van der Waals surface area (Å²) in [6.45, 7) is 0.890. The number of ether oxygens (including phenoxy) is 2. The van der Waals surface area contributed by atoms with Crippen LogP contribution in [0.4, 0.5) is 5.69 Å². The van der Waals surface area contributed by atoms with E-state index in [1.165, 1.54) is 12.1 Å². The fourth-order valence-electron chi connectivity index (χ4n) is 2.97. The lowest BCUT2D eigenvalue weighted by Gasteiger charge is -2.14. The first-order chi connectivity index (χ1) is 16.0. The predicted molar refractivity (Wildman–Crippen MR) is 121 cm³/mol. The fraction of sp³-hybridized carbons (Fsp3) is 0.200. The molecule has 3 rings (SSSR count). The highest BCUT2D eigenvalue weighted by Gasteiger charge is 2.24. The number of hydrogen-bond donors (Lipinski definition) is 0. The maximum absolute atomic E-state index is 13.0. The number of hydrogen-bond acceptors (Lipinski definition) is 8. The van der Waals surface area contributed by atoms with Crippen molar-refractivity contribution in [1.82, 2.24) is 13.7 Å². The number of nitrogens with zero attached hydrogens (tertiary/aromatic N) is 4. The number of benzene rings is 2. The standard InChI is InChI=1S/C20H16Cl2N4O8/c1-10-4-6-12(21)17(16(10)22)34-11-5-7-13(26(31)32)14(8-11)25-19(29)23(2)18(28)24(20(25)30)9-15(27)33-3/h4-8H,9H2,1-3H3. The monoisotopic (exact) mass is 510 g/mol. The zero-order valence-corrected chi connectivity index (χ0v) is 19.4. The van der Waals surface area contributed by atoms with Gasteiger partial charge in [0.05, 0.1) is 22.1 Å². The minimum atomic E-state index is -1.29. The Hall–Kier alpha value is -3.90. The van der Waals surface area contributed by atoms with Gasteiger partial charge in [0.15, 0.2) is 5.75 Å². The highest BCUT2D eigenvalue weighted by atomic mass is 35.5. The van der Waals surface area contributed by atoms with Gasteiger partial charge in [0.1, 0.15) is 18.0 Å². The maximum atomic E-state index is 13.0. The quantitative estimate of drug-likeness (QED) is 0.278. The van der Waals surface area contributed by atoms with Gasteiger partial charge in [-0.1, -0.05) is 29.3 Å². The molecule has 0 atom stereocenters. The average molecular weight is 511 g/mol. The molecule has 1 heterocycles. The number of carbonyl (C=O) groups excluding carboxylic acids is 1. The minimum absolute atomic E-state index is 0.0466. The Bertz CT molecular complexity index is 1510. The molecule has 1 aromatic heterocycles. The van der Waals surface area contributed by atoms with E-state index in [0.29, 0.717) is 19.3 Å². The Balaban J connectivity index is 2.30. The number of aryl methyl sites for hydroxylation is 1. The number of nitro benzene ring substituents is 1. The molecule has 34 heavy (non-hydrogen) atoms. The lowest BCUT2D eigenvalue weighted by atomic mass is 10.2. The van der Waals surface area contributed by atoms with Crippen LogP contribution in [0.15, 0.2) is 44.7 Å². The summed E-state index contributed by atoms with van der Waals surface area (Å²) in [4.78, 5) is 60.7. The molecular weight excluding hydrogens is 495 g/mol. The first-order valence-corrected chi connectivity index (χ1v) is 10.1. The van der Waals surface area contributed by atoms with E-state index in [4.69, 9.17) is 27.9 Å². The van der Waals surface area contributed by atoms with Gasteiger partial charge < -0.3 is 9.47 Å². The van der Waals surface area contributed by atoms with Gasteiger partial charge in [-0.2, -0.15) is 0 Å². The van der Waals surface area contributed by atoms with E-state index < -0.39 is 45.9 Å². The van der Waals surface area contributed by atoms with Crippen LogP contribution in [0.3, 0.4) is 0 Å². The summed E-state index contributed by atoms with van der Waals surface area (Å²) in [6, 6.07) is 6.46. The van der Waals surface area contributed by atoms with Crippen molar-refractivity contribution >= 4 is 34.9 Å². The van der Waals surface area contributed by atoms with Crippen LogP contribution in [0.2, 0.25) is 10.0 Å². The molecule has 0 saturated carbocycles. The third kappa shape index (κ3) is 4.45. The van der Waals surface area contributed by atoms with Crippen LogP contribution in [-0.2, 0) is 23.1 Å². The highest BCUT2D eigenvalue weighted by Crippen LogP contribution is 2.39. The van der Waals surface area contributed by atoms with Crippen LogP contribution < -0.4 is 21.8 Å². The van der Waals surface area contributed by atoms with Gasteiger partial charge in [-0.05, 0) is 24.6 Å². The van der Waals surface area contributed by atoms with Gasteiger partial charge in [0, 0.05) is 19.2 Å². The van der Waals surface area contributed by atoms with E-state index in [-0.39, 0.29) is 21.5 Å². The van der Waals surface area contributed by atoms with E-state index in [9.17, 15) is 29.3 Å². The van der Waals surface area contributed by atoms with Crippen molar-refractivity contribution in [3.63, 3.8) is 0 Å². The van der Waals surface area contributed by atoms with Gasteiger partial charge in [-0.3, -0.25) is 14.9 Å². The second kappa shape index (κ2) is 9.53. The van der Waals surface area contributed by atoms with Gasteiger partial charge >= 0.3 is 23.0 Å². The summed E-state index contributed by atoms with van der Waals surface area (Å²) in [6.07, 6.45) is 0. The van der Waals surface area contributed by atoms with Crippen molar-refractivity contribution in [2.45, 2.75) is 13.5 Å². The molecule has 3 aromatic rings. The number of rotatable bonds is 6. The van der Waals surface area contributed by atoms with Crippen LogP contribution in [0.1, 0.15) is 5.56 Å². The molecule has 0 unspecified atom stereocenters. The summed E-state index contributed by atoms with van der Waals surface area (Å²) in [5.74, 6) is -0.937. The topological polar surface area (TPSA) is 145 Å². The molecule has 0 saturated heterocycles. The molecule has 0 aliphatic heterocycles. The molecular formula is C20H16Cl2N4O8. The number of halogens is 2. The summed E-state index contributed by atoms with van der Waals surface area (Å²) >= 11 is 12.4. The Labute approximate surface area is 200 Å². The zero-order chi connectivity index (χ0) is 25.3. The largest absolute Gasteiger partial charge is 0.468 e. The smallest absolute Gasteiger partial charge is 0.341 e. The van der Waals surface area contributed by atoms with Crippen molar-refractivity contribution in [2.24, 2.45) is 7.05 Å². The number of esters is 1. The summed E-state index contributed by atoms with van der Waals surface area (Å²) in [5, 5.41) is 12.0. The van der Waals surface area contributed by atoms with Gasteiger partial charge in [-0.25, -0.2) is 28.1 Å². The van der Waals surface area contributed by atoms with Crippen molar-refractivity contribution < 1.29 is 19.2 Å². The Morgan fingerprint density at radius 2 is 1.76 bits per heavy atom. The molecule has 14 heteroatoms. The highest BCUT2D eigenvalue weighted by molar-refractivity contribution is 6.37. The van der Waals surface area contributed by atoms with Gasteiger partial charge in [0.2, 0.25) is 0 Å². The minimum Gasteiger partial charge on any atom is -0.468 e. The van der Waals surface area contributed by atoms with Crippen LogP contribution in [0.25, 0.3) is 5.69 Å². The molecule has 2 aromatic carbocycles. The molecule has 0 spiro atoms. The molecule has 0 bridgehead atoms. The SMILES string of the molecule is COC(=O)Cn1c(=O)n(C)c(=O)n(-c2cc(Oc3c(Cl)ccc(C)c3Cl)ccc2[N+](=O)[O-])c1=O. The average Bonchev–Trinajstić information content (AvgIpc) is 2.80. The number of methoxy groups -OCH3 is 1. The van der Waals surface area contributed by atoms with Crippen LogP contribution in [-0.4, -0.2) is 31.7 Å². The van der Waals surface area contributed by atoms with Gasteiger partial charge in [-0.15, -0.1) is 0 Å². The molecule has 0 aliphatic carbocycles. The Morgan fingerprint density at radius 3 is 2.38 bits per heavy atom. The third-order valence-corrected chi connectivity index (χ3v) is 5.55. The van der Waals surface area contributed by atoms with E-state index >= 15 is 0 Å². The van der Waals surface area contributed by atoms with Gasteiger partial charge in [0.25, 0.3) is 5.69 Å². The van der Waals surface area contributed by atoms with Crippen molar-refractivity contribution in [1.29, 1.82) is 0 Å². The number of nitro groups is 1. The number of carbonyl (C=O) groups is 1. The van der Waals surface area contributed by atoms with E-state index in [1.54, 1.807) is 13.0 Å². The van der Waals surface area contributed by atoms with Crippen LogP contribution in [0.5, 0.6) is 11.5 Å². The summed E-state index contributed by atoms with van der Waals surface area (Å²) in [7, 11) is 2.09. The van der Waals surface area contributed by atoms with Crippen molar-refractivity contribution in [3.05, 3.63) is 87.5 Å². The first-order valence-electron chi connectivity index (χ1n) is 9.38. The van der Waals surface area contributed by atoms with Crippen molar-refractivity contribution in [2.75, 3.05) is 7.11 Å². The van der Waals surface area contributed by atoms with E-state index in [2.05, 4.69) is 4.74 Å². The van der Waals surface area contributed by atoms with E-state index in [0.717, 1.165) is 26.3 Å². The summed E-state index contributed by atoms with van der Waals surface area (Å²) < 4.78 is 11.5. The molecule has 0 radical (unpaired) electrons. The molecule has 0 fully saturated rings. The molecule has 0 N–H and O–H groups in total. The predicted octanol–water partition coefficient (Wildman–Crippen LogP) is 2.19. The van der Waals surface area contributed by atoms with Crippen molar-refractivity contribution in [3.8, 4) is 17.2 Å². The zero-order valence-electron chi connectivity index (χ0n) is 17.9. The molecule has 178 valence electrons. The van der Waals surface area contributed by atoms with E-state index in [1.807, 2.05) is 0 Å². The lowest BCUT2D eigenvalue weighted by Crippen LogP contribution is -2.53.